The predicted octanol–water partition coefficient (Wildman–Crippen LogP) is 4.44. The van der Waals surface area contributed by atoms with Crippen LogP contribution in [0.1, 0.15) is 54.1 Å². The first kappa shape index (κ1) is 22.2. The minimum Gasteiger partial charge on any atom is -0.425 e. The Morgan fingerprint density at radius 1 is 1.16 bits per heavy atom. The van der Waals surface area contributed by atoms with Crippen molar-refractivity contribution in [2.45, 2.75) is 51.2 Å². The number of hydrogen-bond donors (Lipinski definition) is 2. The zero-order chi connectivity index (χ0) is 22.7. The van der Waals surface area contributed by atoms with Gasteiger partial charge < -0.3 is 15.2 Å². The number of amides is 1. The fourth-order valence-electron chi connectivity index (χ4n) is 4.25. The van der Waals surface area contributed by atoms with Gasteiger partial charge in [0.25, 0.3) is 5.91 Å². The second kappa shape index (κ2) is 9.67. The maximum Gasteiger partial charge on any atom is 0.308 e. The zero-order valence-electron chi connectivity index (χ0n) is 17.8. The molecule has 0 aliphatic heterocycles. The van der Waals surface area contributed by atoms with Crippen molar-refractivity contribution < 1.29 is 19.4 Å². The summed E-state index contributed by atoms with van der Waals surface area (Å²) in [5.74, 6) is -0.640. The summed E-state index contributed by atoms with van der Waals surface area (Å²) in [5.41, 5.74) is 2.11. The Morgan fingerprint density at radius 3 is 2.59 bits per heavy atom. The summed E-state index contributed by atoms with van der Waals surface area (Å²) in [5, 5.41) is 15.2. The minimum atomic E-state index is -0.579. The first-order valence-corrected chi connectivity index (χ1v) is 11.1. The van der Waals surface area contributed by atoms with E-state index in [2.05, 4.69) is 10.3 Å². The van der Waals surface area contributed by atoms with Gasteiger partial charge in [0.2, 0.25) is 0 Å². The number of ether oxygens (including phenoxy) is 1. The van der Waals surface area contributed by atoms with Gasteiger partial charge >= 0.3 is 5.97 Å². The van der Waals surface area contributed by atoms with Crippen LogP contribution < -0.4 is 10.1 Å². The topological polar surface area (TPSA) is 88.5 Å². The zero-order valence-corrected chi connectivity index (χ0v) is 18.6. The first-order valence-electron chi connectivity index (χ1n) is 10.7. The average molecular weight is 453 g/mol. The van der Waals surface area contributed by atoms with Crippen LogP contribution in [0.5, 0.6) is 5.75 Å². The van der Waals surface area contributed by atoms with E-state index in [0.29, 0.717) is 29.8 Å². The number of benzene rings is 2. The van der Waals surface area contributed by atoms with Gasteiger partial charge in [-0.25, -0.2) is 4.98 Å². The standard InChI is InChI=1S/C25H25ClN2O4/c1-15(29)32-24-19-7-3-2-6-18(19)17(12-16-10-11-23(26)27-14-16)13-20(24)25(31)28-21-8-4-5-9-22(21)30/h2-3,6-7,10-11,13-14,21-22,30H,4-5,8-9,12H2,1H3,(H,28,31)/t21-,22-/m0/s1. The largest absolute Gasteiger partial charge is 0.425 e. The highest BCUT2D eigenvalue weighted by Gasteiger charge is 2.27. The third-order valence-corrected chi connectivity index (χ3v) is 6.02. The van der Waals surface area contributed by atoms with Crippen LogP contribution in [0.3, 0.4) is 0 Å². The van der Waals surface area contributed by atoms with Crippen molar-refractivity contribution in [3.8, 4) is 5.75 Å². The second-order valence-electron chi connectivity index (χ2n) is 8.15. The fraction of sp³-hybridized carbons (Fsp3) is 0.320. The minimum absolute atomic E-state index is 0.230. The van der Waals surface area contributed by atoms with Gasteiger partial charge in [-0.3, -0.25) is 9.59 Å². The predicted molar refractivity (Wildman–Crippen MR) is 123 cm³/mol. The Kier molecular flexibility index (Phi) is 6.72. The lowest BCUT2D eigenvalue weighted by Gasteiger charge is -2.28. The SMILES string of the molecule is CC(=O)Oc1c(C(=O)N[C@H]2CCCC[C@@H]2O)cc(Cc2ccc(Cl)nc2)c2ccccc12. The smallest absolute Gasteiger partial charge is 0.308 e. The van der Waals surface area contributed by atoms with Crippen LogP contribution in [0.15, 0.2) is 48.7 Å². The summed E-state index contributed by atoms with van der Waals surface area (Å²) in [6.45, 7) is 1.31. The van der Waals surface area contributed by atoms with Crippen LogP contribution in [0.2, 0.25) is 5.15 Å². The van der Waals surface area contributed by atoms with E-state index < -0.39 is 12.1 Å². The van der Waals surface area contributed by atoms with Crippen LogP contribution >= 0.6 is 11.6 Å². The molecule has 1 fully saturated rings. The van der Waals surface area contributed by atoms with E-state index in [1.165, 1.54) is 6.92 Å². The summed E-state index contributed by atoms with van der Waals surface area (Å²) >= 11 is 5.92. The van der Waals surface area contributed by atoms with Crippen LogP contribution in [-0.2, 0) is 11.2 Å². The van der Waals surface area contributed by atoms with E-state index in [1.807, 2.05) is 30.3 Å². The Hall–Kier alpha value is -2.96. The molecule has 0 spiro atoms. The van der Waals surface area contributed by atoms with Crippen molar-refractivity contribution in [1.29, 1.82) is 0 Å². The molecular weight excluding hydrogens is 428 g/mol. The summed E-state index contributed by atoms with van der Waals surface area (Å²) in [7, 11) is 0. The van der Waals surface area contributed by atoms with Crippen molar-refractivity contribution in [3.05, 3.63) is 70.5 Å². The summed E-state index contributed by atoms with van der Waals surface area (Å²) in [4.78, 5) is 29.3. The van der Waals surface area contributed by atoms with E-state index in [4.69, 9.17) is 16.3 Å². The highest BCUT2D eigenvalue weighted by molar-refractivity contribution is 6.29. The van der Waals surface area contributed by atoms with Gasteiger partial charge in [0.1, 0.15) is 5.15 Å². The van der Waals surface area contributed by atoms with Crippen molar-refractivity contribution >= 4 is 34.2 Å². The Bertz CT molecular complexity index is 1150. The molecule has 1 saturated carbocycles. The number of carbonyl (C=O) groups is 2. The average Bonchev–Trinajstić information content (AvgIpc) is 2.78. The number of carbonyl (C=O) groups excluding carboxylic acids is 2. The fourth-order valence-corrected chi connectivity index (χ4v) is 4.36. The number of aliphatic hydroxyl groups excluding tert-OH is 1. The van der Waals surface area contributed by atoms with Crippen LogP contribution in [0, 0.1) is 0 Å². The lowest BCUT2D eigenvalue weighted by Crippen LogP contribution is -2.45. The maximum atomic E-state index is 13.3. The van der Waals surface area contributed by atoms with Gasteiger partial charge in [-0.05, 0) is 47.9 Å². The number of nitrogens with zero attached hydrogens (tertiary/aromatic N) is 1. The molecule has 2 N–H and O–H groups in total. The number of aliphatic hydroxyl groups is 1. The molecule has 7 heteroatoms. The third kappa shape index (κ3) is 4.92. The molecule has 1 aliphatic carbocycles. The molecule has 6 nitrogen and oxygen atoms in total. The number of esters is 1. The number of nitrogens with one attached hydrogen (secondary N) is 1. The molecule has 1 heterocycles. The van der Waals surface area contributed by atoms with Gasteiger partial charge in [0.05, 0.1) is 17.7 Å². The lowest BCUT2D eigenvalue weighted by atomic mass is 9.91. The van der Waals surface area contributed by atoms with Crippen LogP contribution in [0.25, 0.3) is 10.8 Å². The Labute approximate surface area is 191 Å². The van der Waals surface area contributed by atoms with Crippen molar-refractivity contribution in [2.75, 3.05) is 0 Å². The quantitative estimate of drug-likeness (QED) is 0.339. The molecule has 0 saturated heterocycles. The molecule has 3 aromatic rings. The number of fused-ring (bicyclic) bond motifs is 1. The van der Waals surface area contributed by atoms with E-state index in [0.717, 1.165) is 29.4 Å². The van der Waals surface area contributed by atoms with Gasteiger partial charge in [-0.2, -0.15) is 0 Å². The van der Waals surface area contributed by atoms with Crippen molar-refractivity contribution in [3.63, 3.8) is 0 Å². The summed E-state index contributed by atoms with van der Waals surface area (Å²) < 4.78 is 5.52. The molecule has 1 aliphatic rings. The van der Waals surface area contributed by atoms with Gasteiger partial charge in [-0.1, -0.05) is 54.8 Å². The van der Waals surface area contributed by atoms with Gasteiger partial charge in [0.15, 0.2) is 5.75 Å². The molecule has 2 atom stereocenters. The molecule has 0 bridgehead atoms. The molecule has 2 aromatic carbocycles. The number of rotatable bonds is 5. The van der Waals surface area contributed by atoms with Crippen LogP contribution in [-0.4, -0.2) is 34.1 Å². The van der Waals surface area contributed by atoms with Crippen molar-refractivity contribution in [1.82, 2.24) is 10.3 Å². The van der Waals surface area contributed by atoms with E-state index in [9.17, 15) is 14.7 Å². The van der Waals surface area contributed by atoms with E-state index >= 15 is 0 Å². The molecule has 4 rings (SSSR count). The maximum absolute atomic E-state index is 13.3. The number of pyridine rings is 1. The van der Waals surface area contributed by atoms with Gasteiger partial charge in [0, 0.05) is 18.5 Å². The first-order chi connectivity index (χ1) is 15.4. The molecule has 32 heavy (non-hydrogen) atoms. The van der Waals surface area contributed by atoms with Crippen molar-refractivity contribution in [2.24, 2.45) is 0 Å². The number of aromatic nitrogens is 1. The van der Waals surface area contributed by atoms with Crippen LogP contribution in [0.4, 0.5) is 0 Å². The highest BCUT2D eigenvalue weighted by Crippen LogP contribution is 2.34. The van der Waals surface area contributed by atoms with E-state index in [1.54, 1.807) is 18.3 Å². The summed E-state index contributed by atoms with van der Waals surface area (Å²) in [6.07, 6.45) is 4.92. The second-order valence-corrected chi connectivity index (χ2v) is 8.54. The Balaban J connectivity index is 1.79. The van der Waals surface area contributed by atoms with Gasteiger partial charge in [-0.15, -0.1) is 0 Å². The summed E-state index contributed by atoms with van der Waals surface area (Å²) in [6, 6.07) is 12.6. The molecular formula is C25H25ClN2O4. The monoisotopic (exact) mass is 452 g/mol. The molecule has 0 unspecified atom stereocenters. The Morgan fingerprint density at radius 2 is 1.91 bits per heavy atom. The normalized spacial score (nSPS) is 18.3. The molecule has 1 aromatic heterocycles. The molecule has 0 radical (unpaired) electrons. The lowest BCUT2D eigenvalue weighted by molar-refractivity contribution is -0.131. The molecule has 166 valence electrons. The molecule has 1 amide bonds. The number of halogens is 1. The number of hydrogen-bond acceptors (Lipinski definition) is 5. The van der Waals surface area contributed by atoms with E-state index in [-0.39, 0.29) is 23.3 Å². The highest BCUT2D eigenvalue weighted by atomic mass is 35.5. The third-order valence-electron chi connectivity index (χ3n) is 5.80.